The molecule has 5 nitrogen and oxygen atoms in total. The highest BCUT2D eigenvalue weighted by Gasteiger charge is 2.25. The van der Waals surface area contributed by atoms with Crippen molar-refractivity contribution in [1.82, 2.24) is 15.2 Å². The Labute approximate surface area is 126 Å². The summed E-state index contributed by atoms with van der Waals surface area (Å²) >= 11 is 0. The molecule has 0 bridgehead atoms. The van der Waals surface area contributed by atoms with Gasteiger partial charge in [0.1, 0.15) is 5.75 Å². The summed E-state index contributed by atoms with van der Waals surface area (Å²) in [5.74, 6) is 0.180. The topological polar surface area (TPSA) is 65.5 Å². The van der Waals surface area contributed by atoms with E-state index in [0.29, 0.717) is 24.1 Å². The van der Waals surface area contributed by atoms with Gasteiger partial charge in [-0.1, -0.05) is 13.8 Å². The quantitative estimate of drug-likeness (QED) is 0.870. The van der Waals surface area contributed by atoms with Gasteiger partial charge in [0.25, 0.3) is 5.91 Å². The van der Waals surface area contributed by atoms with Crippen LogP contribution in [0.4, 0.5) is 0 Å². The van der Waals surface area contributed by atoms with Crippen LogP contribution in [0.2, 0.25) is 0 Å². The second kappa shape index (κ2) is 6.89. The van der Waals surface area contributed by atoms with Crippen LogP contribution in [0.5, 0.6) is 5.75 Å². The van der Waals surface area contributed by atoms with E-state index in [1.807, 2.05) is 0 Å². The number of carbonyl (C=O) groups excluding carboxylic acids is 1. The fourth-order valence-corrected chi connectivity index (χ4v) is 2.89. The van der Waals surface area contributed by atoms with Crippen molar-refractivity contribution >= 4 is 5.91 Å². The molecule has 0 radical (unpaired) electrons. The fourth-order valence-electron chi connectivity index (χ4n) is 2.89. The third-order valence-corrected chi connectivity index (χ3v) is 4.12. The van der Waals surface area contributed by atoms with Gasteiger partial charge in [0.05, 0.1) is 11.8 Å². The van der Waals surface area contributed by atoms with Crippen molar-refractivity contribution < 1.29 is 9.90 Å². The van der Waals surface area contributed by atoms with Crippen LogP contribution in [0, 0.1) is 12.8 Å². The van der Waals surface area contributed by atoms with Crippen molar-refractivity contribution in [2.45, 2.75) is 39.7 Å². The van der Waals surface area contributed by atoms with Crippen molar-refractivity contribution in [3.8, 4) is 5.75 Å². The fraction of sp³-hybridized carbons (Fsp3) is 0.625. The zero-order valence-corrected chi connectivity index (χ0v) is 13.1. The molecule has 2 heterocycles. The molecule has 0 unspecified atom stereocenters. The first-order valence-corrected chi connectivity index (χ1v) is 7.67. The predicted molar refractivity (Wildman–Crippen MR) is 82.4 cm³/mol. The number of amides is 1. The highest BCUT2D eigenvalue weighted by molar-refractivity contribution is 5.96. The van der Waals surface area contributed by atoms with Crippen LogP contribution in [-0.2, 0) is 0 Å². The largest absolute Gasteiger partial charge is 0.505 e. The smallest absolute Gasteiger partial charge is 0.255 e. The maximum absolute atomic E-state index is 12.2. The number of aromatic hydroxyl groups is 1. The van der Waals surface area contributed by atoms with Crippen LogP contribution in [0.3, 0.4) is 0 Å². The van der Waals surface area contributed by atoms with Crippen LogP contribution < -0.4 is 5.32 Å². The summed E-state index contributed by atoms with van der Waals surface area (Å²) in [6, 6.07) is 1.96. The molecule has 0 spiro atoms. The number of carbonyl (C=O) groups is 1. The van der Waals surface area contributed by atoms with E-state index in [4.69, 9.17) is 0 Å². The van der Waals surface area contributed by atoms with Gasteiger partial charge in [0, 0.05) is 18.3 Å². The number of hydrogen-bond donors (Lipinski definition) is 2. The van der Waals surface area contributed by atoms with Crippen molar-refractivity contribution in [2.75, 3.05) is 19.6 Å². The molecule has 5 heteroatoms. The van der Waals surface area contributed by atoms with E-state index in [9.17, 15) is 9.90 Å². The molecule has 2 rings (SSSR count). The van der Waals surface area contributed by atoms with Crippen molar-refractivity contribution in [1.29, 1.82) is 0 Å². The molecule has 2 N–H and O–H groups in total. The van der Waals surface area contributed by atoms with Gasteiger partial charge in [-0.05, 0) is 44.8 Å². The Kier molecular flexibility index (Phi) is 5.17. The van der Waals surface area contributed by atoms with E-state index in [-0.39, 0.29) is 11.7 Å². The Balaban J connectivity index is 1.99. The first-order chi connectivity index (χ1) is 9.99. The number of nitrogens with zero attached hydrogens (tertiary/aromatic N) is 2. The van der Waals surface area contributed by atoms with E-state index < -0.39 is 0 Å². The molecule has 1 atom stereocenters. The highest BCUT2D eigenvalue weighted by Crippen LogP contribution is 2.18. The van der Waals surface area contributed by atoms with Gasteiger partial charge in [0.2, 0.25) is 0 Å². The zero-order chi connectivity index (χ0) is 15.4. The van der Waals surface area contributed by atoms with E-state index >= 15 is 0 Å². The molecule has 0 aliphatic carbocycles. The van der Waals surface area contributed by atoms with Gasteiger partial charge < -0.3 is 10.4 Å². The Morgan fingerprint density at radius 3 is 2.71 bits per heavy atom. The molecular formula is C16H25N3O2. The van der Waals surface area contributed by atoms with Crippen LogP contribution in [-0.4, -0.2) is 46.6 Å². The molecule has 0 saturated carbocycles. The first-order valence-electron chi connectivity index (χ1n) is 7.67. The van der Waals surface area contributed by atoms with Crippen LogP contribution in [0.1, 0.15) is 42.7 Å². The number of aryl methyl sites for hydroxylation is 1. The number of pyridine rings is 1. The average Bonchev–Trinajstić information content (AvgIpc) is 2.95. The monoisotopic (exact) mass is 291 g/mol. The summed E-state index contributed by atoms with van der Waals surface area (Å²) in [5, 5.41) is 12.7. The van der Waals surface area contributed by atoms with E-state index in [1.54, 1.807) is 13.0 Å². The molecule has 1 amide bonds. The Bertz CT molecular complexity index is 496. The maximum Gasteiger partial charge on any atom is 0.255 e. The third-order valence-electron chi connectivity index (χ3n) is 4.12. The van der Waals surface area contributed by atoms with Crippen molar-refractivity contribution in [2.24, 2.45) is 5.92 Å². The molecule has 1 aliphatic heterocycles. The highest BCUT2D eigenvalue weighted by atomic mass is 16.3. The van der Waals surface area contributed by atoms with Gasteiger partial charge in [-0.25, -0.2) is 0 Å². The summed E-state index contributed by atoms with van der Waals surface area (Å²) in [5.41, 5.74) is 1.02. The average molecular weight is 291 g/mol. The molecular weight excluding hydrogens is 266 g/mol. The van der Waals surface area contributed by atoms with Crippen LogP contribution in [0.25, 0.3) is 0 Å². The van der Waals surface area contributed by atoms with Gasteiger partial charge in [-0.3, -0.25) is 14.7 Å². The summed E-state index contributed by atoms with van der Waals surface area (Å²) < 4.78 is 0. The molecule has 116 valence electrons. The normalized spacial score (nSPS) is 17.1. The molecule has 0 aromatic carbocycles. The molecule has 1 saturated heterocycles. The van der Waals surface area contributed by atoms with Gasteiger partial charge in [0.15, 0.2) is 0 Å². The van der Waals surface area contributed by atoms with E-state index in [0.717, 1.165) is 18.8 Å². The lowest BCUT2D eigenvalue weighted by molar-refractivity contribution is 0.0924. The Morgan fingerprint density at radius 2 is 2.10 bits per heavy atom. The van der Waals surface area contributed by atoms with Crippen molar-refractivity contribution in [3.05, 3.63) is 23.5 Å². The minimum atomic E-state index is -0.233. The van der Waals surface area contributed by atoms with Crippen molar-refractivity contribution in [3.63, 3.8) is 0 Å². The maximum atomic E-state index is 12.2. The number of rotatable bonds is 5. The van der Waals surface area contributed by atoms with Gasteiger partial charge in [-0.15, -0.1) is 0 Å². The van der Waals surface area contributed by atoms with Gasteiger partial charge >= 0.3 is 0 Å². The summed E-state index contributed by atoms with van der Waals surface area (Å²) in [6.07, 6.45) is 3.80. The molecule has 1 aromatic rings. The lowest BCUT2D eigenvalue weighted by Crippen LogP contribution is -2.45. The standard InChI is InChI=1S/C16H25N3O2/c1-11(2)14(19-6-4-5-7-19)9-18-16(21)13-8-12(3)17-10-15(13)20/h8,10-11,14,20H,4-7,9H2,1-3H3,(H,18,21)/t14-/m0/s1. The number of aromatic nitrogens is 1. The Morgan fingerprint density at radius 1 is 1.43 bits per heavy atom. The molecule has 21 heavy (non-hydrogen) atoms. The number of nitrogens with one attached hydrogen (secondary N) is 1. The summed E-state index contributed by atoms with van der Waals surface area (Å²) in [4.78, 5) is 18.7. The Hall–Kier alpha value is -1.62. The van der Waals surface area contributed by atoms with E-state index in [2.05, 4.69) is 29.0 Å². The molecule has 1 aromatic heterocycles. The predicted octanol–water partition coefficient (Wildman–Crippen LogP) is 1.95. The zero-order valence-electron chi connectivity index (χ0n) is 13.1. The molecule has 1 fully saturated rings. The lowest BCUT2D eigenvalue weighted by atomic mass is 10.0. The minimum Gasteiger partial charge on any atom is -0.505 e. The van der Waals surface area contributed by atoms with Crippen LogP contribution >= 0.6 is 0 Å². The van der Waals surface area contributed by atoms with Gasteiger partial charge in [-0.2, -0.15) is 0 Å². The first kappa shape index (κ1) is 15.8. The van der Waals surface area contributed by atoms with E-state index in [1.165, 1.54) is 19.0 Å². The minimum absolute atomic E-state index is 0.0691. The lowest BCUT2D eigenvalue weighted by Gasteiger charge is -2.31. The summed E-state index contributed by atoms with van der Waals surface area (Å²) in [6.45, 7) is 9.00. The molecule has 1 aliphatic rings. The summed E-state index contributed by atoms with van der Waals surface area (Å²) in [7, 11) is 0. The second-order valence-corrected chi connectivity index (χ2v) is 6.11. The number of hydrogen-bond acceptors (Lipinski definition) is 4. The van der Waals surface area contributed by atoms with Crippen LogP contribution in [0.15, 0.2) is 12.3 Å². The second-order valence-electron chi connectivity index (χ2n) is 6.11. The third kappa shape index (κ3) is 3.94. The SMILES string of the molecule is Cc1cc(C(=O)NC[C@@H](C(C)C)N2CCCC2)c(O)cn1. The number of likely N-dealkylation sites (tertiary alicyclic amines) is 1.